The Labute approximate surface area is 194 Å². The Morgan fingerprint density at radius 3 is 2.39 bits per heavy atom. The number of hydrogen-bond acceptors (Lipinski definition) is 6. The lowest BCUT2D eigenvalue weighted by Crippen LogP contribution is -2.53. The van der Waals surface area contributed by atoms with Gasteiger partial charge in [-0.25, -0.2) is 0 Å². The van der Waals surface area contributed by atoms with Crippen LogP contribution in [0.3, 0.4) is 0 Å². The van der Waals surface area contributed by atoms with Crippen molar-refractivity contribution in [2.75, 3.05) is 36.4 Å². The summed E-state index contributed by atoms with van der Waals surface area (Å²) in [7, 11) is 0. The van der Waals surface area contributed by atoms with E-state index in [-0.39, 0.29) is 11.9 Å². The molecule has 2 heterocycles. The first-order valence-electron chi connectivity index (χ1n) is 9.72. The molecule has 11 heteroatoms. The van der Waals surface area contributed by atoms with E-state index in [0.717, 1.165) is 5.69 Å². The predicted molar refractivity (Wildman–Crippen MR) is 123 cm³/mol. The number of hydrogen-bond donors (Lipinski definition) is 1. The molecule has 0 spiro atoms. The van der Waals surface area contributed by atoms with Gasteiger partial charge in [-0.05, 0) is 41.6 Å². The smallest absolute Gasteiger partial charge is 0.250 e. The van der Waals surface area contributed by atoms with E-state index in [2.05, 4.69) is 30.6 Å². The van der Waals surface area contributed by atoms with Crippen molar-refractivity contribution in [1.82, 2.24) is 25.1 Å². The van der Waals surface area contributed by atoms with Crippen molar-refractivity contribution in [3.8, 4) is 5.69 Å². The maximum Gasteiger partial charge on any atom is 0.250 e. The highest BCUT2D eigenvalue weighted by atomic mass is 35.5. The van der Waals surface area contributed by atoms with Gasteiger partial charge in [0, 0.05) is 26.2 Å². The Morgan fingerprint density at radius 2 is 1.68 bits per heavy atom. The summed E-state index contributed by atoms with van der Waals surface area (Å²) in [6.45, 7) is 4.62. The third-order valence-corrected chi connectivity index (χ3v) is 6.28. The molecule has 0 aliphatic carbocycles. The van der Waals surface area contributed by atoms with Crippen molar-refractivity contribution in [3.05, 3.63) is 57.5 Å². The summed E-state index contributed by atoms with van der Waals surface area (Å²) in [6.07, 6.45) is 0. The van der Waals surface area contributed by atoms with Crippen molar-refractivity contribution < 1.29 is 4.79 Å². The number of piperazine rings is 1. The molecule has 1 amide bonds. The predicted octanol–water partition coefficient (Wildman–Crippen LogP) is 3.77. The van der Waals surface area contributed by atoms with E-state index in [4.69, 9.17) is 34.8 Å². The lowest BCUT2D eigenvalue weighted by molar-refractivity contribution is -0.120. The molecule has 2 aromatic carbocycles. The van der Waals surface area contributed by atoms with Crippen molar-refractivity contribution in [1.29, 1.82) is 0 Å². The number of carbonyl (C=O) groups excluding carboxylic acids is 1. The standard InChI is InChI=1S/C20H20Cl3N7O/c1-13(19(31)24-18-12-16(22)15(21)11-17(18)23)28-7-9-29(10-8-28)20-25-26-27-30(20)14-5-3-2-4-6-14/h2-6,11-13H,7-10H2,1H3,(H,24,31). The molecule has 0 radical (unpaired) electrons. The van der Waals surface area contributed by atoms with Crippen LogP contribution in [-0.2, 0) is 4.79 Å². The SMILES string of the molecule is CC(C(=O)Nc1cc(Cl)c(Cl)cc1Cl)N1CCN(c2nnnn2-c2ccccc2)CC1. The number of anilines is 2. The third kappa shape index (κ3) is 4.77. The van der Waals surface area contributed by atoms with Crippen LogP contribution in [0.1, 0.15) is 6.92 Å². The zero-order valence-corrected chi connectivity index (χ0v) is 18.9. The lowest BCUT2D eigenvalue weighted by atomic mass is 10.2. The van der Waals surface area contributed by atoms with Gasteiger partial charge in [0.05, 0.1) is 32.5 Å². The summed E-state index contributed by atoms with van der Waals surface area (Å²) < 4.78 is 1.72. The molecule has 0 bridgehead atoms. The van der Waals surface area contributed by atoms with Gasteiger partial charge in [0.1, 0.15) is 0 Å². The van der Waals surface area contributed by atoms with Crippen molar-refractivity contribution in [3.63, 3.8) is 0 Å². The Morgan fingerprint density at radius 1 is 1.00 bits per heavy atom. The second-order valence-corrected chi connectivity index (χ2v) is 8.38. The summed E-state index contributed by atoms with van der Waals surface area (Å²) in [4.78, 5) is 17.0. The molecule has 8 nitrogen and oxygen atoms in total. The molecule has 3 aromatic rings. The van der Waals surface area contributed by atoms with E-state index in [1.807, 2.05) is 37.3 Å². The van der Waals surface area contributed by atoms with Gasteiger partial charge in [-0.3, -0.25) is 9.69 Å². The minimum Gasteiger partial charge on any atom is -0.337 e. The highest BCUT2D eigenvalue weighted by Gasteiger charge is 2.28. The van der Waals surface area contributed by atoms with E-state index in [1.165, 1.54) is 6.07 Å². The number of tetrazole rings is 1. The summed E-state index contributed by atoms with van der Waals surface area (Å²) >= 11 is 18.2. The van der Waals surface area contributed by atoms with Gasteiger partial charge in [0.25, 0.3) is 0 Å². The molecule has 1 atom stereocenters. The summed E-state index contributed by atoms with van der Waals surface area (Å²) in [5.74, 6) is 0.522. The van der Waals surface area contributed by atoms with Crippen LogP contribution in [0.25, 0.3) is 5.69 Å². The molecule has 1 aliphatic rings. The monoisotopic (exact) mass is 479 g/mol. The fraction of sp³-hybridized carbons (Fsp3) is 0.300. The van der Waals surface area contributed by atoms with Crippen molar-refractivity contribution in [2.24, 2.45) is 0 Å². The van der Waals surface area contributed by atoms with Gasteiger partial charge in [-0.2, -0.15) is 4.68 Å². The zero-order valence-electron chi connectivity index (χ0n) is 16.7. The molecule has 162 valence electrons. The Hall–Kier alpha value is -2.39. The first-order chi connectivity index (χ1) is 14.9. The van der Waals surface area contributed by atoms with Gasteiger partial charge in [-0.15, -0.1) is 0 Å². The first kappa shape index (κ1) is 21.8. The topological polar surface area (TPSA) is 79.2 Å². The van der Waals surface area contributed by atoms with E-state index in [0.29, 0.717) is 52.9 Å². The maximum absolute atomic E-state index is 12.8. The third-order valence-electron chi connectivity index (χ3n) is 5.25. The van der Waals surface area contributed by atoms with Gasteiger partial charge < -0.3 is 10.2 Å². The molecular formula is C20H20Cl3N7O. The molecule has 0 saturated carbocycles. The average Bonchev–Trinajstić information content (AvgIpc) is 3.27. The molecule has 4 rings (SSSR count). The van der Waals surface area contributed by atoms with E-state index in [9.17, 15) is 4.79 Å². The van der Waals surface area contributed by atoms with Crippen LogP contribution in [0.2, 0.25) is 15.1 Å². The number of nitrogens with one attached hydrogen (secondary N) is 1. The largest absolute Gasteiger partial charge is 0.337 e. The number of carbonyl (C=O) groups is 1. The number of benzene rings is 2. The maximum atomic E-state index is 12.8. The second-order valence-electron chi connectivity index (χ2n) is 7.16. The van der Waals surface area contributed by atoms with Crippen LogP contribution in [0.5, 0.6) is 0 Å². The lowest BCUT2D eigenvalue weighted by Gasteiger charge is -2.37. The zero-order chi connectivity index (χ0) is 22.0. The molecule has 1 saturated heterocycles. The number of halogens is 3. The number of aromatic nitrogens is 4. The van der Waals surface area contributed by atoms with Gasteiger partial charge in [0.2, 0.25) is 11.9 Å². The van der Waals surface area contributed by atoms with Gasteiger partial charge in [-0.1, -0.05) is 58.1 Å². The fourth-order valence-corrected chi connectivity index (χ4v) is 4.04. The molecule has 1 aliphatic heterocycles. The molecule has 31 heavy (non-hydrogen) atoms. The van der Waals surface area contributed by atoms with E-state index in [1.54, 1.807) is 10.7 Å². The highest BCUT2D eigenvalue weighted by molar-refractivity contribution is 6.44. The summed E-state index contributed by atoms with van der Waals surface area (Å²) in [5, 5.41) is 16.0. The molecule has 1 unspecified atom stereocenters. The average molecular weight is 481 g/mol. The van der Waals surface area contributed by atoms with E-state index >= 15 is 0 Å². The van der Waals surface area contributed by atoms with Crippen LogP contribution in [-0.4, -0.2) is 63.2 Å². The Kier molecular flexibility index (Phi) is 6.62. The van der Waals surface area contributed by atoms with Gasteiger partial charge in [0.15, 0.2) is 0 Å². The first-order valence-corrected chi connectivity index (χ1v) is 10.9. The van der Waals surface area contributed by atoms with Crippen LogP contribution in [0, 0.1) is 0 Å². The fourth-order valence-electron chi connectivity index (χ4n) is 3.45. The number of rotatable bonds is 5. The minimum absolute atomic E-state index is 0.164. The highest BCUT2D eigenvalue weighted by Crippen LogP contribution is 2.32. The number of amides is 1. The summed E-state index contributed by atoms with van der Waals surface area (Å²) in [6, 6.07) is 12.5. The van der Waals surface area contributed by atoms with Crippen LogP contribution in [0.4, 0.5) is 11.6 Å². The van der Waals surface area contributed by atoms with Crippen molar-refractivity contribution >= 4 is 52.3 Å². The quantitative estimate of drug-likeness (QED) is 0.560. The van der Waals surface area contributed by atoms with Crippen LogP contribution < -0.4 is 10.2 Å². The normalized spacial score (nSPS) is 15.7. The Balaban J connectivity index is 1.39. The second kappa shape index (κ2) is 9.40. The summed E-state index contributed by atoms with van der Waals surface area (Å²) in [5.41, 5.74) is 1.34. The van der Waals surface area contributed by atoms with Crippen LogP contribution >= 0.6 is 34.8 Å². The molecular weight excluding hydrogens is 461 g/mol. The van der Waals surface area contributed by atoms with Crippen LogP contribution in [0.15, 0.2) is 42.5 Å². The van der Waals surface area contributed by atoms with E-state index < -0.39 is 0 Å². The Bertz CT molecular complexity index is 1070. The minimum atomic E-state index is -0.349. The molecule has 1 aromatic heterocycles. The van der Waals surface area contributed by atoms with Gasteiger partial charge >= 0.3 is 0 Å². The number of nitrogens with zero attached hydrogens (tertiary/aromatic N) is 6. The molecule has 1 fully saturated rings. The van der Waals surface area contributed by atoms with Crippen molar-refractivity contribution in [2.45, 2.75) is 13.0 Å². The molecule has 1 N–H and O–H groups in total. The number of para-hydroxylation sites is 1.